The van der Waals surface area contributed by atoms with E-state index in [1.807, 2.05) is 37.3 Å². The average Bonchev–Trinajstić information content (AvgIpc) is 2.71. The SMILES string of the molecule is CCCOC(=O)C1=C(C)NC(=O)NC1c1ccc(OCc2ccccc2)c(Cl)c1. The number of urea groups is 1. The van der Waals surface area contributed by atoms with Crippen molar-refractivity contribution in [1.82, 2.24) is 10.6 Å². The molecular weight excluding hydrogens is 392 g/mol. The van der Waals surface area contributed by atoms with Crippen LogP contribution in [0.25, 0.3) is 0 Å². The van der Waals surface area contributed by atoms with Crippen LogP contribution >= 0.6 is 11.6 Å². The highest BCUT2D eigenvalue weighted by molar-refractivity contribution is 6.32. The Labute approximate surface area is 174 Å². The molecule has 152 valence electrons. The molecule has 0 bridgehead atoms. The number of carbonyl (C=O) groups excluding carboxylic acids is 2. The second-order valence-corrected chi connectivity index (χ2v) is 7.08. The lowest BCUT2D eigenvalue weighted by molar-refractivity contribution is -0.139. The molecule has 1 unspecified atom stereocenters. The summed E-state index contributed by atoms with van der Waals surface area (Å²) in [6.45, 7) is 4.29. The van der Waals surface area contributed by atoms with Crippen molar-refractivity contribution in [2.75, 3.05) is 6.61 Å². The number of benzene rings is 2. The number of carbonyl (C=O) groups is 2. The van der Waals surface area contributed by atoms with Crippen LogP contribution < -0.4 is 15.4 Å². The molecule has 29 heavy (non-hydrogen) atoms. The summed E-state index contributed by atoms with van der Waals surface area (Å²) in [6, 6.07) is 13.9. The fourth-order valence-corrected chi connectivity index (χ4v) is 3.28. The Morgan fingerprint density at radius 3 is 2.62 bits per heavy atom. The van der Waals surface area contributed by atoms with Gasteiger partial charge in [0.05, 0.1) is 23.2 Å². The summed E-state index contributed by atoms with van der Waals surface area (Å²) in [5.41, 5.74) is 2.50. The van der Waals surface area contributed by atoms with Crippen LogP contribution in [0.15, 0.2) is 59.8 Å². The molecule has 1 atom stereocenters. The Morgan fingerprint density at radius 2 is 1.93 bits per heavy atom. The van der Waals surface area contributed by atoms with E-state index in [0.717, 1.165) is 5.56 Å². The molecule has 1 heterocycles. The molecule has 2 amide bonds. The third kappa shape index (κ3) is 5.09. The Balaban J connectivity index is 1.82. The number of nitrogens with one attached hydrogen (secondary N) is 2. The third-order valence-corrected chi connectivity index (χ3v) is 4.75. The predicted molar refractivity (Wildman–Crippen MR) is 111 cm³/mol. The van der Waals surface area contributed by atoms with Crippen LogP contribution in [-0.2, 0) is 16.1 Å². The van der Waals surface area contributed by atoms with Crippen LogP contribution in [0.1, 0.15) is 37.4 Å². The third-order valence-electron chi connectivity index (χ3n) is 4.45. The Hall–Kier alpha value is -2.99. The summed E-state index contributed by atoms with van der Waals surface area (Å²) in [4.78, 5) is 24.5. The second-order valence-electron chi connectivity index (χ2n) is 6.67. The van der Waals surface area contributed by atoms with Gasteiger partial charge in [0.1, 0.15) is 12.4 Å². The minimum atomic E-state index is -0.659. The molecule has 0 spiro atoms. The van der Waals surface area contributed by atoms with Gasteiger partial charge >= 0.3 is 12.0 Å². The lowest BCUT2D eigenvalue weighted by Crippen LogP contribution is -2.45. The zero-order valence-corrected chi connectivity index (χ0v) is 17.1. The molecule has 3 rings (SSSR count). The second kappa shape index (κ2) is 9.47. The molecule has 6 nitrogen and oxygen atoms in total. The van der Waals surface area contributed by atoms with E-state index in [0.29, 0.717) is 47.2 Å². The quantitative estimate of drug-likeness (QED) is 0.654. The topological polar surface area (TPSA) is 76.7 Å². The Bertz CT molecular complexity index is 928. The van der Waals surface area contributed by atoms with Crippen molar-refractivity contribution in [2.24, 2.45) is 0 Å². The van der Waals surface area contributed by atoms with E-state index < -0.39 is 12.0 Å². The maximum atomic E-state index is 12.5. The van der Waals surface area contributed by atoms with Gasteiger partial charge < -0.3 is 20.1 Å². The normalized spacial score (nSPS) is 16.1. The molecule has 1 aliphatic rings. The van der Waals surface area contributed by atoms with Gasteiger partial charge in [0.25, 0.3) is 0 Å². The molecule has 0 radical (unpaired) electrons. The monoisotopic (exact) mass is 414 g/mol. The molecule has 2 aromatic carbocycles. The van der Waals surface area contributed by atoms with Gasteiger partial charge in [-0.1, -0.05) is 54.9 Å². The van der Waals surface area contributed by atoms with E-state index in [1.54, 1.807) is 25.1 Å². The summed E-state index contributed by atoms with van der Waals surface area (Å²) in [5, 5.41) is 5.78. The van der Waals surface area contributed by atoms with Crippen molar-refractivity contribution in [2.45, 2.75) is 32.9 Å². The van der Waals surface area contributed by atoms with Gasteiger partial charge in [-0.15, -0.1) is 0 Å². The summed E-state index contributed by atoms with van der Waals surface area (Å²) in [5.74, 6) is 0.0534. The number of halogens is 1. The standard InChI is InChI=1S/C22H23ClN2O4/c1-3-11-28-21(26)19-14(2)24-22(27)25-20(19)16-9-10-18(17(23)12-16)29-13-15-7-5-4-6-8-15/h4-10,12,20H,3,11,13H2,1-2H3,(H2,24,25,27). The number of amides is 2. The van der Waals surface area contributed by atoms with Crippen molar-refractivity contribution >= 4 is 23.6 Å². The van der Waals surface area contributed by atoms with Crippen molar-refractivity contribution < 1.29 is 19.1 Å². The fourth-order valence-electron chi connectivity index (χ4n) is 3.04. The van der Waals surface area contributed by atoms with E-state index in [2.05, 4.69) is 10.6 Å². The van der Waals surface area contributed by atoms with E-state index in [9.17, 15) is 9.59 Å². The Kier molecular flexibility index (Phi) is 6.77. The molecule has 0 saturated heterocycles. The van der Waals surface area contributed by atoms with E-state index in [1.165, 1.54) is 0 Å². The molecule has 0 aliphatic carbocycles. The maximum absolute atomic E-state index is 12.5. The fraction of sp³-hybridized carbons (Fsp3) is 0.273. The number of ether oxygens (including phenoxy) is 2. The van der Waals surface area contributed by atoms with E-state index in [-0.39, 0.29) is 6.03 Å². The number of hydrogen-bond acceptors (Lipinski definition) is 4. The van der Waals surface area contributed by atoms with Crippen molar-refractivity contribution in [3.8, 4) is 5.75 Å². The molecule has 2 aromatic rings. The molecule has 0 fully saturated rings. The van der Waals surface area contributed by atoms with Gasteiger partial charge in [-0.25, -0.2) is 9.59 Å². The smallest absolute Gasteiger partial charge is 0.338 e. The highest BCUT2D eigenvalue weighted by Crippen LogP contribution is 2.33. The first-order valence-corrected chi connectivity index (χ1v) is 9.79. The van der Waals surface area contributed by atoms with Gasteiger partial charge in [-0.3, -0.25) is 0 Å². The molecule has 7 heteroatoms. The molecule has 2 N–H and O–H groups in total. The van der Waals surface area contributed by atoms with Gasteiger partial charge in [-0.2, -0.15) is 0 Å². The van der Waals surface area contributed by atoms with Crippen LogP contribution in [0, 0.1) is 0 Å². The largest absolute Gasteiger partial charge is 0.487 e. The summed E-state index contributed by atoms with van der Waals surface area (Å²) >= 11 is 6.41. The molecule has 0 saturated carbocycles. The highest BCUT2D eigenvalue weighted by Gasteiger charge is 2.32. The number of rotatable bonds is 7. The first kappa shape index (κ1) is 20.7. The lowest BCUT2D eigenvalue weighted by Gasteiger charge is -2.28. The van der Waals surface area contributed by atoms with E-state index >= 15 is 0 Å². The van der Waals surface area contributed by atoms with Crippen molar-refractivity contribution in [3.05, 3.63) is 76.0 Å². The maximum Gasteiger partial charge on any atom is 0.338 e. The van der Waals surface area contributed by atoms with Crippen LogP contribution in [0.2, 0.25) is 5.02 Å². The van der Waals surface area contributed by atoms with Crippen molar-refractivity contribution in [1.29, 1.82) is 0 Å². The van der Waals surface area contributed by atoms with Crippen LogP contribution in [0.3, 0.4) is 0 Å². The summed E-state index contributed by atoms with van der Waals surface area (Å²) in [7, 11) is 0. The van der Waals surface area contributed by atoms with Crippen LogP contribution in [0.5, 0.6) is 5.75 Å². The molecule has 1 aliphatic heterocycles. The number of esters is 1. The molecular formula is C22H23ClN2O4. The van der Waals surface area contributed by atoms with Crippen LogP contribution in [0.4, 0.5) is 4.79 Å². The summed E-state index contributed by atoms with van der Waals surface area (Å²) in [6.07, 6.45) is 0.710. The molecule has 0 aromatic heterocycles. The highest BCUT2D eigenvalue weighted by atomic mass is 35.5. The zero-order valence-electron chi connectivity index (χ0n) is 16.3. The number of allylic oxidation sites excluding steroid dienone is 1. The Morgan fingerprint density at radius 1 is 1.17 bits per heavy atom. The van der Waals surface area contributed by atoms with Gasteiger partial charge in [0, 0.05) is 5.70 Å². The average molecular weight is 415 g/mol. The first-order chi connectivity index (χ1) is 14.0. The van der Waals surface area contributed by atoms with Gasteiger partial charge in [0.15, 0.2) is 0 Å². The minimum absolute atomic E-state index is 0.309. The van der Waals surface area contributed by atoms with Crippen LogP contribution in [-0.4, -0.2) is 18.6 Å². The predicted octanol–water partition coefficient (Wildman–Crippen LogP) is 4.50. The van der Waals surface area contributed by atoms with Gasteiger partial charge in [-0.05, 0) is 36.6 Å². The van der Waals surface area contributed by atoms with E-state index in [4.69, 9.17) is 21.1 Å². The summed E-state index contributed by atoms with van der Waals surface area (Å²) < 4.78 is 11.1. The number of hydrogen-bond donors (Lipinski definition) is 2. The van der Waals surface area contributed by atoms with Crippen molar-refractivity contribution in [3.63, 3.8) is 0 Å². The van der Waals surface area contributed by atoms with Gasteiger partial charge in [0.2, 0.25) is 0 Å². The minimum Gasteiger partial charge on any atom is -0.487 e. The lowest BCUT2D eigenvalue weighted by atomic mass is 9.95. The first-order valence-electron chi connectivity index (χ1n) is 9.41. The zero-order chi connectivity index (χ0) is 20.8.